The van der Waals surface area contributed by atoms with Crippen molar-refractivity contribution in [2.24, 2.45) is 0 Å². The quantitative estimate of drug-likeness (QED) is 0.0835. The number of fused-ring (bicyclic) bond motifs is 2. The number of imide groups is 2. The Hall–Kier alpha value is -5.47. The monoisotopic (exact) mass is 736 g/mol. The lowest BCUT2D eigenvalue weighted by Gasteiger charge is -2.27. The Balaban J connectivity index is 0.815. The summed E-state index contributed by atoms with van der Waals surface area (Å²) in [6, 6.07) is 12.0. The molecule has 1 saturated carbocycles. The molecule has 1 aliphatic carbocycles. The van der Waals surface area contributed by atoms with Crippen LogP contribution in [-0.2, 0) is 31.9 Å². The van der Waals surface area contributed by atoms with Gasteiger partial charge in [0.05, 0.1) is 42.0 Å². The van der Waals surface area contributed by atoms with Crippen LogP contribution in [0.4, 0.5) is 10.1 Å². The smallest absolute Gasteiger partial charge is 0.262 e. The highest BCUT2D eigenvalue weighted by Gasteiger charge is 2.45. The van der Waals surface area contributed by atoms with E-state index in [4.69, 9.17) is 14.5 Å². The third kappa shape index (κ3) is 8.66. The van der Waals surface area contributed by atoms with Crippen molar-refractivity contribution in [2.75, 3.05) is 31.7 Å². The molecule has 13 nitrogen and oxygen atoms in total. The summed E-state index contributed by atoms with van der Waals surface area (Å²) in [5.41, 5.74) is 4.86. The molecule has 3 aromatic heterocycles. The summed E-state index contributed by atoms with van der Waals surface area (Å²) in [7, 11) is 0. The van der Waals surface area contributed by atoms with Gasteiger partial charge < -0.3 is 14.8 Å². The van der Waals surface area contributed by atoms with E-state index in [-0.39, 0.29) is 62.4 Å². The van der Waals surface area contributed by atoms with E-state index < -0.39 is 35.8 Å². The number of hydrogen-bond acceptors (Lipinski definition) is 11. The van der Waals surface area contributed by atoms with Gasteiger partial charge in [0.25, 0.3) is 11.8 Å². The number of pyridine rings is 3. The molecule has 280 valence electrons. The lowest BCUT2D eigenvalue weighted by Crippen LogP contribution is -2.54. The summed E-state index contributed by atoms with van der Waals surface area (Å²) in [5, 5.41) is 6.60. The first kappa shape index (κ1) is 36.9. The SMILES string of the molecule is O=C1CCC(N2C(=O)c3cccc(CCCOCCOCC(F)CCC(=O)c4cnc(Cc5ccc6cnccc6n5)cc4NC4CC4)c3C2=O)C(=O)N1. The van der Waals surface area contributed by atoms with Gasteiger partial charge in [0, 0.05) is 73.0 Å². The van der Waals surface area contributed by atoms with Crippen molar-refractivity contribution < 1.29 is 37.8 Å². The number of halogens is 1. The number of ether oxygens (including phenoxy) is 2. The van der Waals surface area contributed by atoms with Gasteiger partial charge >= 0.3 is 0 Å². The van der Waals surface area contributed by atoms with Crippen molar-refractivity contribution >= 4 is 46.0 Å². The number of carbonyl (C=O) groups is 5. The number of nitrogens with one attached hydrogen (secondary N) is 2. The van der Waals surface area contributed by atoms with Crippen LogP contribution in [0.5, 0.6) is 0 Å². The maximum absolute atomic E-state index is 14.7. The molecular formula is C40H41FN6O7. The number of amides is 4. The van der Waals surface area contributed by atoms with Gasteiger partial charge in [-0.3, -0.25) is 49.1 Å². The number of alkyl halides is 1. The van der Waals surface area contributed by atoms with Gasteiger partial charge in [0.15, 0.2) is 5.78 Å². The molecule has 5 heterocycles. The van der Waals surface area contributed by atoms with Gasteiger partial charge in [-0.2, -0.15) is 0 Å². The van der Waals surface area contributed by atoms with Crippen molar-refractivity contribution in [3.8, 4) is 0 Å². The first-order valence-electron chi connectivity index (χ1n) is 18.4. The highest BCUT2D eigenvalue weighted by atomic mass is 19.1. The van der Waals surface area contributed by atoms with Crippen LogP contribution < -0.4 is 10.6 Å². The average Bonchev–Trinajstić information content (AvgIpc) is 3.95. The summed E-state index contributed by atoms with van der Waals surface area (Å²) in [5.74, 6) is -2.33. The number of rotatable bonds is 18. The molecule has 54 heavy (non-hydrogen) atoms. The summed E-state index contributed by atoms with van der Waals surface area (Å²) < 4.78 is 25.9. The zero-order chi connectivity index (χ0) is 37.6. The average molecular weight is 737 g/mol. The van der Waals surface area contributed by atoms with E-state index in [0.717, 1.165) is 40.0 Å². The second-order valence-electron chi connectivity index (χ2n) is 13.8. The molecule has 2 unspecified atom stereocenters. The van der Waals surface area contributed by atoms with Crippen molar-refractivity contribution in [3.05, 3.63) is 94.7 Å². The fourth-order valence-electron chi connectivity index (χ4n) is 6.77. The molecule has 7 rings (SSSR count). The van der Waals surface area contributed by atoms with E-state index in [0.29, 0.717) is 48.7 Å². The number of piperidine rings is 1. The maximum Gasteiger partial charge on any atom is 0.262 e. The Morgan fingerprint density at radius 1 is 0.981 bits per heavy atom. The normalized spacial score (nSPS) is 17.5. The van der Waals surface area contributed by atoms with Gasteiger partial charge in [-0.1, -0.05) is 12.1 Å². The fraction of sp³-hybridized carbons (Fsp3) is 0.400. The van der Waals surface area contributed by atoms with Crippen LogP contribution in [0.1, 0.15) is 93.0 Å². The molecule has 0 bridgehead atoms. The van der Waals surface area contributed by atoms with Crippen LogP contribution >= 0.6 is 0 Å². The minimum atomic E-state index is -1.32. The number of anilines is 1. The van der Waals surface area contributed by atoms with E-state index in [1.165, 1.54) is 0 Å². The van der Waals surface area contributed by atoms with Crippen LogP contribution in [0, 0.1) is 0 Å². The molecule has 2 atom stereocenters. The third-order valence-corrected chi connectivity index (χ3v) is 9.75. The molecule has 0 radical (unpaired) electrons. The van der Waals surface area contributed by atoms with Gasteiger partial charge in [0.1, 0.15) is 12.2 Å². The number of benzene rings is 1. The Morgan fingerprint density at radius 2 is 1.83 bits per heavy atom. The molecule has 0 spiro atoms. The number of carbonyl (C=O) groups excluding carboxylic acids is 5. The Kier molecular flexibility index (Phi) is 11.4. The van der Waals surface area contributed by atoms with Crippen LogP contribution in [0.15, 0.2) is 61.1 Å². The van der Waals surface area contributed by atoms with Gasteiger partial charge in [-0.05, 0) is 74.4 Å². The number of aryl methyl sites for hydroxylation is 1. The fourth-order valence-corrected chi connectivity index (χ4v) is 6.77. The predicted molar refractivity (Wildman–Crippen MR) is 195 cm³/mol. The van der Waals surface area contributed by atoms with Crippen LogP contribution in [0.2, 0.25) is 0 Å². The first-order chi connectivity index (χ1) is 26.2. The number of aromatic nitrogens is 3. The Bertz CT molecular complexity index is 2090. The largest absolute Gasteiger partial charge is 0.382 e. The molecule has 2 N–H and O–H groups in total. The molecule has 3 aliphatic rings. The predicted octanol–water partition coefficient (Wildman–Crippen LogP) is 4.56. The number of ketones is 1. The number of nitrogens with zero attached hydrogens (tertiary/aromatic N) is 4. The van der Waals surface area contributed by atoms with Crippen LogP contribution in [0.25, 0.3) is 10.9 Å². The summed E-state index contributed by atoms with van der Waals surface area (Å²) in [6.07, 6.45) is 7.50. The molecule has 4 aromatic rings. The van der Waals surface area contributed by atoms with E-state index in [9.17, 15) is 28.4 Å². The molecule has 2 aliphatic heterocycles. The van der Waals surface area contributed by atoms with Crippen molar-refractivity contribution in [2.45, 2.75) is 76.0 Å². The van der Waals surface area contributed by atoms with E-state index in [1.807, 2.05) is 24.3 Å². The zero-order valence-electron chi connectivity index (χ0n) is 29.7. The van der Waals surface area contributed by atoms with Crippen LogP contribution in [0.3, 0.4) is 0 Å². The second-order valence-corrected chi connectivity index (χ2v) is 13.8. The standard InChI is InChI=1S/C40H41FN6O7/c41-26(7-12-35(48)31-22-43-29(20-33(31)44-27-9-10-27)19-28-8-6-25-21-42-15-14-32(25)45-28)23-54-18-17-53-16-2-4-24-3-1-5-30-37(24)40(52)47(39(30)51)34-11-13-36(49)46-38(34)50/h1,3,5-6,8,14-15,20-22,26-27,34H,2,4,7,9-13,16-19,23H2,(H,43,44)(H,46,49,50). The van der Waals surface area contributed by atoms with Crippen molar-refractivity contribution in [1.82, 2.24) is 25.2 Å². The van der Waals surface area contributed by atoms with Gasteiger partial charge in [-0.25, -0.2) is 4.39 Å². The zero-order valence-corrected chi connectivity index (χ0v) is 29.7. The summed E-state index contributed by atoms with van der Waals surface area (Å²) >= 11 is 0. The Labute approximate surface area is 311 Å². The van der Waals surface area contributed by atoms with Crippen molar-refractivity contribution in [1.29, 1.82) is 0 Å². The van der Waals surface area contributed by atoms with E-state index in [2.05, 4.69) is 20.6 Å². The minimum Gasteiger partial charge on any atom is -0.382 e. The van der Waals surface area contributed by atoms with Gasteiger partial charge in [-0.15, -0.1) is 0 Å². The molecule has 2 fully saturated rings. The first-order valence-corrected chi connectivity index (χ1v) is 18.4. The lowest BCUT2D eigenvalue weighted by molar-refractivity contribution is -0.136. The molecule has 14 heteroatoms. The lowest BCUT2D eigenvalue weighted by atomic mass is 9.99. The third-order valence-electron chi connectivity index (χ3n) is 9.75. The minimum absolute atomic E-state index is 0.0176. The Morgan fingerprint density at radius 3 is 2.67 bits per heavy atom. The molecule has 1 saturated heterocycles. The number of Topliss-reactive ketones (excluding diaryl/α,β-unsaturated/α-hetero) is 1. The highest BCUT2D eigenvalue weighted by molar-refractivity contribution is 6.24. The summed E-state index contributed by atoms with van der Waals surface area (Å²) in [4.78, 5) is 77.7. The topological polar surface area (TPSA) is 170 Å². The van der Waals surface area contributed by atoms with Crippen molar-refractivity contribution in [3.63, 3.8) is 0 Å². The number of hydrogen-bond donors (Lipinski definition) is 2. The van der Waals surface area contributed by atoms with E-state index in [1.54, 1.807) is 36.8 Å². The summed E-state index contributed by atoms with van der Waals surface area (Å²) in [6.45, 7) is 0.595. The molecule has 1 aromatic carbocycles. The van der Waals surface area contributed by atoms with E-state index >= 15 is 0 Å². The van der Waals surface area contributed by atoms with Crippen LogP contribution in [-0.4, -0.2) is 93.9 Å². The molecule has 4 amide bonds. The highest BCUT2D eigenvalue weighted by Crippen LogP contribution is 2.31. The second kappa shape index (κ2) is 16.7. The van der Waals surface area contributed by atoms with Gasteiger partial charge in [0.2, 0.25) is 11.8 Å². The maximum atomic E-state index is 14.7. The molecular weight excluding hydrogens is 695 g/mol.